The van der Waals surface area contributed by atoms with Crippen LogP contribution in [-0.4, -0.2) is 28.9 Å². The van der Waals surface area contributed by atoms with Gasteiger partial charge in [-0.1, -0.05) is 18.2 Å². The van der Waals surface area contributed by atoms with Gasteiger partial charge in [0, 0.05) is 13.1 Å². The highest BCUT2D eigenvalue weighted by atomic mass is 19.4. The number of carbonyl (C=O) groups excluding carboxylic acids is 1. The van der Waals surface area contributed by atoms with Crippen LogP contribution in [0.3, 0.4) is 0 Å². The van der Waals surface area contributed by atoms with Crippen molar-refractivity contribution in [3.8, 4) is 0 Å². The number of halogens is 3. The third kappa shape index (κ3) is 4.26. The van der Waals surface area contributed by atoms with Crippen LogP contribution in [0, 0.1) is 12.8 Å². The molecule has 1 aromatic carbocycles. The summed E-state index contributed by atoms with van der Waals surface area (Å²) < 4.78 is 43.6. The molecule has 0 spiro atoms. The van der Waals surface area contributed by atoms with E-state index in [-0.39, 0.29) is 17.6 Å². The molecule has 2 aromatic rings. The summed E-state index contributed by atoms with van der Waals surface area (Å²) in [6.07, 6.45) is 0.110. The molecule has 0 bridgehead atoms. The minimum atomic E-state index is -4.32. The number of hydrogen-bond donors (Lipinski definition) is 0. The van der Waals surface area contributed by atoms with Gasteiger partial charge in [-0.15, -0.1) is 0 Å². The van der Waals surface area contributed by atoms with Crippen LogP contribution in [0.1, 0.15) is 46.6 Å². The van der Waals surface area contributed by atoms with Gasteiger partial charge in [0.25, 0.3) is 5.91 Å². The van der Waals surface area contributed by atoms with Crippen molar-refractivity contribution in [2.45, 2.75) is 38.8 Å². The van der Waals surface area contributed by atoms with Gasteiger partial charge >= 0.3 is 6.18 Å². The van der Waals surface area contributed by atoms with Crippen LogP contribution >= 0.6 is 0 Å². The van der Waals surface area contributed by atoms with E-state index in [1.54, 1.807) is 17.9 Å². The Balaban J connectivity index is 1.59. The number of piperidine rings is 1. The zero-order valence-electron chi connectivity index (χ0n) is 14.6. The van der Waals surface area contributed by atoms with Gasteiger partial charge in [-0.2, -0.15) is 13.2 Å². The lowest BCUT2D eigenvalue weighted by Crippen LogP contribution is -2.40. The fourth-order valence-electron chi connectivity index (χ4n) is 3.41. The van der Waals surface area contributed by atoms with E-state index in [1.165, 1.54) is 18.5 Å². The number of oxazole rings is 1. The molecule has 140 valence electrons. The highest BCUT2D eigenvalue weighted by Crippen LogP contribution is 2.30. The third-order valence-electron chi connectivity index (χ3n) is 4.84. The van der Waals surface area contributed by atoms with Gasteiger partial charge in [0.2, 0.25) is 5.76 Å². The maximum Gasteiger partial charge on any atom is 0.416 e. The molecule has 0 aliphatic carbocycles. The molecule has 0 saturated carbocycles. The second-order valence-electron chi connectivity index (χ2n) is 6.76. The number of benzene rings is 1. The van der Waals surface area contributed by atoms with E-state index in [0.29, 0.717) is 30.8 Å². The Bertz CT molecular complexity index is 770. The lowest BCUT2D eigenvalue weighted by molar-refractivity contribution is -0.137. The molecule has 0 radical (unpaired) electrons. The summed E-state index contributed by atoms with van der Waals surface area (Å²) in [6.45, 7) is 2.99. The molecule has 1 atom stereocenters. The van der Waals surface area contributed by atoms with Crippen molar-refractivity contribution >= 4 is 5.91 Å². The lowest BCUT2D eigenvalue weighted by atomic mass is 9.91. The molecule has 0 N–H and O–H groups in total. The number of nitrogens with zero attached hydrogens (tertiary/aromatic N) is 2. The van der Waals surface area contributed by atoms with Crippen LogP contribution in [0.4, 0.5) is 13.2 Å². The van der Waals surface area contributed by atoms with Gasteiger partial charge in [0.05, 0.1) is 11.3 Å². The summed E-state index contributed by atoms with van der Waals surface area (Å²) in [6, 6.07) is 5.47. The van der Waals surface area contributed by atoms with E-state index in [2.05, 4.69) is 4.98 Å². The van der Waals surface area contributed by atoms with E-state index in [4.69, 9.17) is 4.42 Å². The van der Waals surface area contributed by atoms with E-state index in [9.17, 15) is 18.0 Å². The molecule has 3 rings (SSSR count). The molecule has 1 aliphatic heterocycles. The average molecular weight is 366 g/mol. The van der Waals surface area contributed by atoms with Crippen molar-refractivity contribution in [1.29, 1.82) is 0 Å². The number of rotatable bonds is 4. The van der Waals surface area contributed by atoms with Crippen LogP contribution < -0.4 is 0 Å². The van der Waals surface area contributed by atoms with Crippen molar-refractivity contribution < 1.29 is 22.4 Å². The minimum Gasteiger partial charge on any atom is -0.438 e. The SMILES string of the molecule is Cc1ncoc1C(=O)N1CCC[C@H](CCc2cccc(C(F)(F)F)c2)C1. The maximum atomic E-state index is 12.8. The number of carbonyl (C=O) groups is 1. The number of aromatic nitrogens is 1. The van der Waals surface area contributed by atoms with Gasteiger partial charge in [0.1, 0.15) is 0 Å². The van der Waals surface area contributed by atoms with Crippen molar-refractivity contribution in [2.75, 3.05) is 13.1 Å². The van der Waals surface area contributed by atoms with Crippen LogP contribution in [0.5, 0.6) is 0 Å². The van der Waals surface area contributed by atoms with E-state index in [0.717, 1.165) is 25.3 Å². The fraction of sp³-hybridized carbons (Fsp3) is 0.474. The lowest BCUT2D eigenvalue weighted by Gasteiger charge is -2.32. The highest BCUT2D eigenvalue weighted by Gasteiger charge is 2.31. The maximum absolute atomic E-state index is 12.8. The first-order valence-electron chi connectivity index (χ1n) is 8.70. The summed E-state index contributed by atoms with van der Waals surface area (Å²) in [5.41, 5.74) is 0.631. The van der Waals surface area contributed by atoms with Gasteiger partial charge in [-0.3, -0.25) is 4.79 Å². The topological polar surface area (TPSA) is 46.3 Å². The Morgan fingerprint density at radius 2 is 2.19 bits per heavy atom. The summed E-state index contributed by atoms with van der Waals surface area (Å²) in [7, 11) is 0. The zero-order chi connectivity index (χ0) is 18.7. The van der Waals surface area contributed by atoms with E-state index in [1.807, 2.05) is 0 Å². The molecule has 1 saturated heterocycles. The zero-order valence-corrected chi connectivity index (χ0v) is 14.6. The summed E-state index contributed by atoms with van der Waals surface area (Å²) in [5, 5.41) is 0. The largest absolute Gasteiger partial charge is 0.438 e. The Morgan fingerprint density at radius 3 is 2.88 bits per heavy atom. The van der Waals surface area contributed by atoms with Crippen molar-refractivity contribution in [3.05, 3.63) is 53.2 Å². The van der Waals surface area contributed by atoms with Gasteiger partial charge < -0.3 is 9.32 Å². The minimum absolute atomic E-state index is 0.163. The monoisotopic (exact) mass is 366 g/mol. The fourth-order valence-corrected chi connectivity index (χ4v) is 3.41. The van der Waals surface area contributed by atoms with Gasteiger partial charge in [-0.25, -0.2) is 4.98 Å². The number of alkyl halides is 3. The van der Waals surface area contributed by atoms with Crippen molar-refractivity contribution in [3.63, 3.8) is 0 Å². The second kappa shape index (κ2) is 7.51. The Kier molecular flexibility index (Phi) is 5.34. The standard InChI is InChI=1S/C19H21F3N2O2/c1-13-17(26-12-23-13)18(25)24-9-3-5-15(11-24)8-7-14-4-2-6-16(10-14)19(20,21)22/h2,4,6,10,12,15H,3,5,7-9,11H2,1H3/t15-/m1/s1. The van der Waals surface area contributed by atoms with Crippen LogP contribution in [0.2, 0.25) is 0 Å². The van der Waals surface area contributed by atoms with Gasteiger partial charge in [0.15, 0.2) is 6.39 Å². The number of likely N-dealkylation sites (tertiary alicyclic amines) is 1. The van der Waals surface area contributed by atoms with Crippen LogP contribution in [0.25, 0.3) is 0 Å². The first kappa shape index (κ1) is 18.5. The second-order valence-corrected chi connectivity index (χ2v) is 6.76. The normalized spacial score (nSPS) is 18.2. The number of amides is 1. The molecule has 26 heavy (non-hydrogen) atoms. The Morgan fingerprint density at radius 1 is 1.38 bits per heavy atom. The number of hydrogen-bond acceptors (Lipinski definition) is 3. The molecule has 1 amide bonds. The molecular formula is C19H21F3N2O2. The highest BCUT2D eigenvalue weighted by molar-refractivity contribution is 5.92. The Labute approximate surface area is 150 Å². The molecule has 2 heterocycles. The quantitative estimate of drug-likeness (QED) is 0.801. The van der Waals surface area contributed by atoms with Crippen LogP contribution in [0.15, 0.2) is 35.1 Å². The smallest absolute Gasteiger partial charge is 0.416 e. The first-order valence-corrected chi connectivity index (χ1v) is 8.70. The van der Waals surface area contributed by atoms with Crippen molar-refractivity contribution in [1.82, 2.24) is 9.88 Å². The molecular weight excluding hydrogens is 345 g/mol. The molecule has 1 fully saturated rings. The predicted octanol–water partition coefficient (Wildman–Crippen LogP) is 4.49. The molecule has 4 nitrogen and oxygen atoms in total. The van der Waals surface area contributed by atoms with E-state index >= 15 is 0 Å². The predicted molar refractivity (Wildman–Crippen MR) is 89.6 cm³/mol. The number of aryl methyl sites for hydroxylation is 2. The van der Waals surface area contributed by atoms with Crippen molar-refractivity contribution in [2.24, 2.45) is 5.92 Å². The summed E-state index contributed by atoms with van der Waals surface area (Å²) >= 11 is 0. The van der Waals surface area contributed by atoms with Crippen LogP contribution in [-0.2, 0) is 12.6 Å². The molecule has 1 aromatic heterocycles. The summed E-state index contributed by atoms with van der Waals surface area (Å²) in [4.78, 5) is 18.2. The molecule has 0 unspecified atom stereocenters. The van der Waals surface area contributed by atoms with Gasteiger partial charge in [-0.05, 0) is 50.2 Å². The average Bonchev–Trinajstić information content (AvgIpc) is 3.05. The molecule has 1 aliphatic rings. The third-order valence-corrected chi connectivity index (χ3v) is 4.84. The first-order chi connectivity index (χ1) is 12.3. The summed E-state index contributed by atoms with van der Waals surface area (Å²) in [5.74, 6) is 0.373. The van der Waals surface area contributed by atoms with E-state index < -0.39 is 11.7 Å². The molecule has 7 heteroatoms. The Hall–Kier alpha value is -2.31.